The van der Waals surface area contributed by atoms with Gasteiger partial charge in [0, 0.05) is 34.2 Å². The molecule has 0 fully saturated rings. The van der Waals surface area contributed by atoms with Gasteiger partial charge in [-0.3, -0.25) is 4.79 Å². The lowest BCUT2D eigenvalue weighted by Crippen LogP contribution is -1.86. The molecule has 2 rings (SSSR count). The average molecular weight is 238 g/mol. The Bertz CT molecular complexity index is 473. The van der Waals surface area contributed by atoms with Gasteiger partial charge in [-0.15, -0.1) is 0 Å². The Labute approximate surface area is 84.3 Å². The van der Waals surface area contributed by atoms with Crippen LogP contribution in [-0.4, -0.2) is 10.9 Å². The van der Waals surface area contributed by atoms with E-state index in [1.165, 1.54) is 0 Å². The van der Waals surface area contributed by atoms with Crippen LogP contribution in [0.2, 0.25) is 0 Å². The summed E-state index contributed by atoms with van der Waals surface area (Å²) in [5, 5.41) is 1.08. The van der Waals surface area contributed by atoms with Gasteiger partial charge in [-0.2, -0.15) is 0 Å². The van der Waals surface area contributed by atoms with E-state index < -0.39 is 0 Å². The van der Waals surface area contributed by atoms with Crippen molar-refractivity contribution >= 4 is 33.1 Å². The molecule has 0 saturated carbocycles. The molecular formula is C10H8BrNO. The molecular weight excluding hydrogens is 230 g/mol. The van der Waals surface area contributed by atoms with Crippen molar-refractivity contribution in [2.24, 2.45) is 7.05 Å². The number of nitrogens with zero attached hydrogens (tertiary/aromatic N) is 1. The number of hydrogen-bond acceptors (Lipinski definition) is 1. The summed E-state index contributed by atoms with van der Waals surface area (Å²) < 4.78 is 2.90. The van der Waals surface area contributed by atoms with Gasteiger partial charge >= 0.3 is 0 Å². The third-order valence-electron chi connectivity index (χ3n) is 2.16. The fourth-order valence-electron chi connectivity index (χ4n) is 1.42. The predicted octanol–water partition coefficient (Wildman–Crippen LogP) is 2.75. The van der Waals surface area contributed by atoms with Gasteiger partial charge in [0.05, 0.1) is 0 Å². The number of halogens is 1. The van der Waals surface area contributed by atoms with Crippen molar-refractivity contribution in [1.29, 1.82) is 0 Å². The first kappa shape index (κ1) is 8.51. The zero-order chi connectivity index (χ0) is 9.42. The van der Waals surface area contributed by atoms with Crippen molar-refractivity contribution in [2.75, 3.05) is 0 Å². The number of rotatable bonds is 1. The van der Waals surface area contributed by atoms with E-state index in [2.05, 4.69) is 15.9 Å². The average Bonchev–Trinajstić information content (AvgIpc) is 2.50. The third-order valence-corrected chi connectivity index (χ3v) is 3.04. The summed E-state index contributed by atoms with van der Waals surface area (Å²) >= 11 is 3.41. The first-order chi connectivity index (χ1) is 6.24. The fraction of sp³-hybridized carbons (Fsp3) is 0.100. The summed E-state index contributed by atoms with van der Waals surface area (Å²) in [7, 11) is 1.98. The summed E-state index contributed by atoms with van der Waals surface area (Å²) in [5.74, 6) is 0. The van der Waals surface area contributed by atoms with Crippen LogP contribution in [0.4, 0.5) is 0 Å². The van der Waals surface area contributed by atoms with Crippen molar-refractivity contribution in [1.82, 2.24) is 4.57 Å². The van der Waals surface area contributed by atoms with Crippen LogP contribution in [0.5, 0.6) is 0 Å². The minimum atomic E-state index is 0.693. The number of carbonyl (C=O) groups is 1. The molecule has 0 atom stereocenters. The molecule has 0 aliphatic heterocycles. The Morgan fingerprint density at radius 2 is 2.15 bits per heavy atom. The Hall–Kier alpha value is -1.09. The van der Waals surface area contributed by atoms with E-state index in [-0.39, 0.29) is 0 Å². The van der Waals surface area contributed by atoms with Crippen molar-refractivity contribution < 1.29 is 4.79 Å². The molecule has 2 nitrogen and oxygen atoms in total. The van der Waals surface area contributed by atoms with E-state index in [4.69, 9.17) is 0 Å². The van der Waals surface area contributed by atoms with Crippen LogP contribution in [0.3, 0.4) is 0 Å². The molecule has 0 N–H and O–H groups in total. The smallest absolute Gasteiger partial charge is 0.151 e. The van der Waals surface area contributed by atoms with Crippen LogP contribution in [0.25, 0.3) is 10.9 Å². The van der Waals surface area contributed by atoms with E-state index >= 15 is 0 Å². The molecule has 1 aromatic heterocycles. The lowest BCUT2D eigenvalue weighted by Gasteiger charge is -1.99. The molecule has 0 bridgehead atoms. The van der Waals surface area contributed by atoms with Crippen LogP contribution < -0.4 is 0 Å². The second-order valence-corrected chi connectivity index (χ2v) is 3.74. The molecule has 0 unspecified atom stereocenters. The molecule has 1 aromatic carbocycles. The van der Waals surface area contributed by atoms with Crippen molar-refractivity contribution in [3.8, 4) is 0 Å². The van der Waals surface area contributed by atoms with Crippen LogP contribution >= 0.6 is 15.9 Å². The van der Waals surface area contributed by atoms with Gasteiger partial charge in [-0.25, -0.2) is 0 Å². The Kier molecular flexibility index (Phi) is 1.96. The Balaban J connectivity index is 2.87. The minimum Gasteiger partial charge on any atom is -0.351 e. The second kappa shape index (κ2) is 3.00. The predicted molar refractivity (Wildman–Crippen MR) is 56.0 cm³/mol. The fourth-order valence-corrected chi connectivity index (χ4v) is 1.98. The molecule has 0 aliphatic carbocycles. The number of benzene rings is 1. The second-order valence-electron chi connectivity index (χ2n) is 2.95. The lowest BCUT2D eigenvalue weighted by atomic mass is 10.2. The molecule has 1 heterocycles. The van der Waals surface area contributed by atoms with Crippen LogP contribution in [0.15, 0.2) is 28.9 Å². The van der Waals surface area contributed by atoms with Gasteiger partial charge in [-0.1, -0.05) is 0 Å². The summed E-state index contributed by atoms with van der Waals surface area (Å²) in [6, 6.07) is 5.76. The zero-order valence-corrected chi connectivity index (χ0v) is 8.71. The molecule has 0 radical (unpaired) electrons. The number of hydrogen-bond donors (Lipinski definition) is 0. The lowest BCUT2D eigenvalue weighted by molar-refractivity contribution is 0.112. The number of fused-ring (bicyclic) bond motifs is 1. The standard InChI is InChI=1S/C10H8BrNO/c1-12-5-4-8-9(12)3-2-7(6-13)10(8)11/h2-6H,1H3. The normalized spacial score (nSPS) is 10.6. The molecule has 0 aliphatic rings. The van der Waals surface area contributed by atoms with Crippen molar-refractivity contribution in [2.45, 2.75) is 0 Å². The SMILES string of the molecule is Cn1ccc2c(Br)c(C=O)ccc21. The van der Waals surface area contributed by atoms with Gasteiger partial charge < -0.3 is 4.57 Å². The largest absolute Gasteiger partial charge is 0.351 e. The van der Waals surface area contributed by atoms with E-state index in [0.29, 0.717) is 5.56 Å². The topological polar surface area (TPSA) is 22.0 Å². The van der Waals surface area contributed by atoms with Gasteiger partial charge in [0.1, 0.15) is 0 Å². The summed E-state index contributed by atoms with van der Waals surface area (Å²) in [5.41, 5.74) is 1.82. The van der Waals surface area contributed by atoms with Crippen molar-refractivity contribution in [3.63, 3.8) is 0 Å². The maximum absolute atomic E-state index is 10.6. The van der Waals surface area contributed by atoms with Crippen LogP contribution in [-0.2, 0) is 7.05 Å². The molecule has 3 heteroatoms. The highest BCUT2D eigenvalue weighted by molar-refractivity contribution is 9.10. The summed E-state index contributed by atoms with van der Waals surface area (Å²) in [6.07, 6.45) is 2.83. The van der Waals surface area contributed by atoms with Gasteiger partial charge in [0.15, 0.2) is 6.29 Å². The Morgan fingerprint density at radius 3 is 2.85 bits per heavy atom. The highest BCUT2D eigenvalue weighted by atomic mass is 79.9. The Morgan fingerprint density at radius 1 is 1.38 bits per heavy atom. The van der Waals surface area contributed by atoms with E-state index in [1.807, 2.05) is 36.0 Å². The van der Waals surface area contributed by atoms with E-state index in [9.17, 15) is 4.79 Å². The van der Waals surface area contributed by atoms with Crippen LogP contribution in [0, 0.1) is 0 Å². The molecule has 66 valence electrons. The first-order valence-corrected chi connectivity index (χ1v) is 4.72. The molecule has 2 aromatic rings. The van der Waals surface area contributed by atoms with E-state index in [1.54, 1.807) is 0 Å². The molecule has 13 heavy (non-hydrogen) atoms. The number of aryl methyl sites for hydroxylation is 1. The highest BCUT2D eigenvalue weighted by Crippen LogP contribution is 2.27. The quantitative estimate of drug-likeness (QED) is 0.700. The molecule has 0 saturated heterocycles. The third kappa shape index (κ3) is 1.20. The number of aldehydes is 1. The summed E-state index contributed by atoms with van der Waals surface area (Å²) in [4.78, 5) is 10.6. The van der Waals surface area contributed by atoms with Crippen molar-refractivity contribution in [3.05, 3.63) is 34.4 Å². The monoisotopic (exact) mass is 237 g/mol. The first-order valence-electron chi connectivity index (χ1n) is 3.93. The number of aromatic nitrogens is 1. The van der Waals surface area contributed by atoms with E-state index in [0.717, 1.165) is 21.7 Å². The van der Waals surface area contributed by atoms with Gasteiger partial charge in [0.2, 0.25) is 0 Å². The maximum atomic E-state index is 10.6. The summed E-state index contributed by atoms with van der Waals surface area (Å²) in [6.45, 7) is 0. The highest BCUT2D eigenvalue weighted by Gasteiger charge is 2.05. The van der Waals surface area contributed by atoms with Gasteiger partial charge in [-0.05, 0) is 34.1 Å². The minimum absolute atomic E-state index is 0.693. The maximum Gasteiger partial charge on any atom is 0.151 e. The van der Waals surface area contributed by atoms with Gasteiger partial charge in [0.25, 0.3) is 0 Å². The zero-order valence-electron chi connectivity index (χ0n) is 7.12. The number of carbonyl (C=O) groups excluding carboxylic acids is 1. The molecule has 0 spiro atoms. The van der Waals surface area contributed by atoms with Crippen LogP contribution in [0.1, 0.15) is 10.4 Å². The molecule has 0 amide bonds.